The Morgan fingerprint density at radius 2 is 1.70 bits per heavy atom. The van der Waals surface area contributed by atoms with Crippen LogP contribution in [0, 0.1) is 10.1 Å². The van der Waals surface area contributed by atoms with Gasteiger partial charge in [-0.2, -0.15) is 0 Å². The first-order valence-electron chi connectivity index (χ1n) is 7.76. The molecule has 0 aliphatic carbocycles. The highest BCUT2D eigenvalue weighted by molar-refractivity contribution is 6.03. The third-order valence-corrected chi connectivity index (χ3v) is 3.27. The number of hydrogen-bond acceptors (Lipinski definition) is 5. The van der Waals surface area contributed by atoms with Crippen LogP contribution in [0.25, 0.3) is 6.08 Å². The van der Waals surface area contributed by atoms with Crippen LogP contribution in [-0.4, -0.2) is 22.6 Å². The Hall–Kier alpha value is -4.01. The van der Waals surface area contributed by atoms with Gasteiger partial charge < -0.3 is 5.32 Å². The molecule has 2 aromatic rings. The second kappa shape index (κ2) is 8.90. The molecule has 0 unspecified atom stereocenters. The van der Waals surface area contributed by atoms with Crippen LogP contribution in [0.2, 0.25) is 0 Å². The SMILES string of the molecule is CC(=O)N/C(=C\c1ccccc1)C(=O)NNC(=O)c1cccc([N+](=O)[O-])c1. The summed E-state index contributed by atoms with van der Waals surface area (Å²) in [6.07, 6.45) is 1.44. The second-order valence-corrected chi connectivity index (χ2v) is 5.37. The number of rotatable bonds is 5. The summed E-state index contributed by atoms with van der Waals surface area (Å²) in [5.74, 6) is -1.96. The van der Waals surface area contributed by atoms with Crippen molar-refractivity contribution in [2.24, 2.45) is 0 Å². The van der Waals surface area contributed by atoms with E-state index in [1.807, 2.05) is 0 Å². The number of benzene rings is 2. The van der Waals surface area contributed by atoms with Crippen LogP contribution in [0.5, 0.6) is 0 Å². The highest BCUT2D eigenvalue weighted by Crippen LogP contribution is 2.12. The van der Waals surface area contributed by atoms with E-state index < -0.39 is 22.6 Å². The minimum Gasteiger partial charge on any atom is -0.322 e. The quantitative estimate of drug-likeness (QED) is 0.418. The van der Waals surface area contributed by atoms with Gasteiger partial charge in [0, 0.05) is 24.6 Å². The van der Waals surface area contributed by atoms with E-state index in [1.165, 1.54) is 31.2 Å². The minimum absolute atomic E-state index is 0.00221. The molecule has 3 N–H and O–H groups in total. The first-order valence-corrected chi connectivity index (χ1v) is 7.76. The number of nitrogens with one attached hydrogen (secondary N) is 3. The van der Waals surface area contributed by atoms with Crippen molar-refractivity contribution in [1.29, 1.82) is 0 Å². The van der Waals surface area contributed by atoms with Gasteiger partial charge in [0.1, 0.15) is 5.70 Å². The summed E-state index contributed by atoms with van der Waals surface area (Å²) < 4.78 is 0. The lowest BCUT2D eigenvalue weighted by Gasteiger charge is -2.11. The number of nitro groups is 1. The number of carbonyl (C=O) groups excluding carboxylic acids is 3. The third-order valence-electron chi connectivity index (χ3n) is 3.27. The lowest BCUT2D eigenvalue weighted by atomic mass is 10.2. The Labute approximate surface area is 154 Å². The lowest BCUT2D eigenvalue weighted by Crippen LogP contribution is -2.45. The number of carbonyl (C=O) groups is 3. The monoisotopic (exact) mass is 368 g/mol. The zero-order chi connectivity index (χ0) is 19.8. The molecule has 3 amide bonds. The summed E-state index contributed by atoms with van der Waals surface area (Å²) in [5.41, 5.74) is 4.65. The van der Waals surface area contributed by atoms with E-state index in [1.54, 1.807) is 30.3 Å². The van der Waals surface area contributed by atoms with Crippen LogP contribution >= 0.6 is 0 Å². The maximum Gasteiger partial charge on any atom is 0.286 e. The molecule has 9 nitrogen and oxygen atoms in total. The molecule has 0 radical (unpaired) electrons. The molecule has 27 heavy (non-hydrogen) atoms. The van der Waals surface area contributed by atoms with Crippen molar-refractivity contribution in [3.05, 3.63) is 81.5 Å². The Morgan fingerprint density at radius 3 is 2.33 bits per heavy atom. The average Bonchev–Trinajstić information content (AvgIpc) is 2.65. The van der Waals surface area contributed by atoms with Gasteiger partial charge in [-0.15, -0.1) is 0 Å². The van der Waals surface area contributed by atoms with Gasteiger partial charge in [0.15, 0.2) is 0 Å². The average molecular weight is 368 g/mol. The zero-order valence-corrected chi connectivity index (χ0v) is 14.3. The van der Waals surface area contributed by atoms with Gasteiger partial charge in [-0.3, -0.25) is 35.3 Å². The van der Waals surface area contributed by atoms with E-state index in [0.717, 1.165) is 6.07 Å². The minimum atomic E-state index is -0.757. The molecule has 0 atom stereocenters. The summed E-state index contributed by atoms with van der Waals surface area (Å²) in [5, 5.41) is 13.1. The molecule has 0 saturated carbocycles. The van der Waals surface area contributed by atoms with E-state index in [2.05, 4.69) is 16.2 Å². The molecule has 0 spiro atoms. The molecule has 0 heterocycles. The number of nitrogens with zero attached hydrogens (tertiary/aromatic N) is 1. The van der Waals surface area contributed by atoms with Gasteiger partial charge in [-0.05, 0) is 17.7 Å². The summed E-state index contributed by atoms with van der Waals surface area (Å²) in [6.45, 7) is 1.24. The molecule has 2 aromatic carbocycles. The molecule has 0 saturated heterocycles. The van der Waals surface area contributed by atoms with Gasteiger partial charge in [0.2, 0.25) is 5.91 Å². The van der Waals surface area contributed by atoms with Crippen LogP contribution in [-0.2, 0) is 9.59 Å². The molecule has 0 aliphatic rings. The normalized spacial score (nSPS) is 10.6. The molecule has 2 rings (SSSR count). The van der Waals surface area contributed by atoms with Crippen molar-refractivity contribution >= 4 is 29.5 Å². The fourth-order valence-electron chi connectivity index (χ4n) is 2.08. The lowest BCUT2D eigenvalue weighted by molar-refractivity contribution is -0.384. The van der Waals surface area contributed by atoms with Crippen LogP contribution in [0.1, 0.15) is 22.8 Å². The summed E-state index contributed by atoms with van der Waals surface area (Å²) in [6, 6.07) is 13.8. The highest BCUT2D eigenvalue weighted by atomic mass is 16.6. The largest absolute Gasteiger partial charge is 0.322 e. The van der Waals surface area contributed by atoms with Crippen molar-refractivity contribution in [3.63, 3.8) is 0 Å². The molecule has 138 valence electrons. The van der Waals surface area contributed by atoms with E-state index in [4.69, 9.17) is 0 Å². The van der Waals surface area contributed by atoms with Crippen molar-refractivity contribution < 1.29 is 19.3 Å². The van der Waals surface area contributed by atoms with E-state index in [0.29, 0.717) is 5.56 Å². The number of non-ortho nitro benzene ring substituents is 1. The van der Waals surface area contributed by atoms with Gasteiger partial charge in [0.25, 0.3) is 17.5 Å². The van der Waals surface area contributed by atoms with Crippen molar-refractivity contribution in [1.82, 2.24) is 16.2 Å². The van der Waals surface area contributed by atoms with Crippen molar-refractivity contribution in [2.75, 3.05) is 0 Å². The van der Waals surface area contributed by atoms with Gasteiger partial charge >= 0.3 is 0 Å². The zero-order valence-electron chi connectivity index (χ0n) is 14.3. The fourth-order valence-corrected chi connectivity index (χ4v) is 2.08. The first kappa shape index (κ1) is 19.3. The fraction of sp³-hybridized carbons (Fsp3) is 0.0556. The Kier molecular flexibility index (Phi) is 6.37. The van der Waals surface area contributed by atoms with Crippen LogP contribution in [0.4, 0.5) is 5.69 Å². The van der Waals surface area contributed by atoms with Crippen molar-refractivity contribution in [2.45, 2.75) is 6.92 Å². The van der Waals surface area contributed by atoms with Gasteiger partial charge in [-0.25, -0.2) is 0 Å². The number of amides is 3. The maximum atomic E-state index is 12.3. The predicted molar refractivity (Wildman–Crippen MR) is 96.9 cm³/mol. The predicted octanol–water partition coefficient (Wildman–Crippen LogP) is 1.53. The highest BCUT2D eigenvalue weighted by Gasteiger charge is 2.15. The summed E-state index contributed by atoms with van der Waals surface area (Å²) in [4.78, 5) is 45.8. The standard InChI is InChI=1S/C18H16N4O5/c1-12(23)19-16(10-13-6-3-2-4-7-13)18(25)21-20-17(24)14-8-5-9-15(11-14)22(26)27/h2-11H,1H3,(H,19,23)(H,20,24)(H,21,25)/b16-10-. The Bertz CT molecular complexity index is 909. The Morgan fingerprint density at radius 1 is 1.00 bits per heavy atom. The molecule has 0 fully saturated rings. The maximum absolute atomic E-state index is 12.3. The first-order chi connectivity index (χ1) is 12.9. The molecule has 0 aromatic heterocycles. The van der Waals surface area contributed by atoms with Gasteiger partial charge in [-0.1, -0.05) is 36.4 Å². The van der Waals surface area contributed by atoms with Crippen LogP contribution in [0.3, 0.4) is 0 Å². The molecular weight excluding hydrogens is 352 g/mol. The number of nitro benzene ring substituents is 1. The van der Waals surface area contributed by atoms with E-state index in [9.17, 15) is 24.5 Å². The van der Waals surface area contributed by atoms with Gasteiger partial charge in [0.05, 0.1) is 4.92 Å². The van der Waals surface area contributed by atoms with Crippen LogP contribution < -0.4 is 16.2 Å². The third kappa shape index (κ3) is 5.78. The topological polar surface area (TPSA) is 130 Å². The molecular formula is C18H16N4O5. The smallest absolute Gasteiger partial charge is 0.286 e. The van der Waals surface area contributed by atoms with Crippen molar-refractivity contribution in [3.8, 4) is 0 Å². The van der Waals surface area contributed by atoms with Crippen LogP contribution in [0.15, 0.2) is 60.3 Å². The summed E-state index contributed by atoms with van der Waals surface area (Å²) in [7, 11) is 0. The summed E-state index contributed by atoms with van der Waals surface area (Å²) >= 11 is 0. The number of hydrazine groups is 1. The molecule has 9 heteroatoms. The molecule has 0 bridgehead atoms. The number of hydrogen-bond donors (Lipinski definition) is 3. The van der Waals surface area contributed by atoms with E-state index >= 15 is 0 Å². The van der Waals surface area contributed by atoms with E-state index in [-0.39, 0.29) is 16.9 Å². The second-order valence-electron chi connectivity index (χ2n) is 5.37. The molecule has 0 aliphatic heterocycles. The Balaban J connectivity index is 2.10.